The average Bonchev–Trinajstić information content (AvgIpc) is 2.39. The van der Waals surface area contributed by atoms with E-state index in [1.54, 1.807) is 4.90 Å². The molecule has 1 heterocycles. The largest absolute Gasteiger partial charge is 0.477 e. The van der Waals surface area contributed by atoms with Crippen molar-refractivity contribution in [1.29, 1.82) is 0 Å². The van der Waals surface area contributed by atoms with Crippen LogP contribution in [0.1, 0.15) is 23.7 Å². The molecule has 0 atom stereocenters. The number of hydrogen-bond donors (Lipinski definition) is 2. The maximum atomic E-state index is 11.0. The number of carboxylic acid groups (broad SMARTS) is 1. The number of nitrogens with zero attached hydrogens (tertiary/aromatic N) is 3. The third kappa shape index (κ3) is 3.62. The molecule has 19 heavy (non-hydrogen) atoms. The van der Waals surface area contributed by atoms with E-state index < -0.39 is 22.1 Å². The van der Waals surface area contributed by atoms with E-state index in [0.717, 1.165) is 6.20 Å². The van der Waals surface area contributed by atoms with Crippen LogP contribution in [-0.4, -0.2) is 45.8 Å². The smallest absolute Gasteiger partial charge is 0.342 e. The number of anilines is 1. The average molecular weight is 269 g/mol. The SMILES string of the molecule is CCN(CCCO)c1cc(C(=O)O)c([N+](=O)[O-])cn1. The molecule has 0 saturated heterocycles. The van der Waals surface area contributed by atoms with E-state index in [9.17, 15) is 14.9 Å². The van der Waals surface area contributed by atoms with Crippen LogP contribution in [0, 0.1) is 10.1 Å². The summed E-state index contributed by atoms with van der Waals surface area (Å²) in [6, 6.07) is 1.18. The van der Waals surface area contributed by atoms with Gasteiger partial charge in [0.2, 0.25) is 0 Å². The first-order valence-electron chi connectivity index (χ1n) is 5.74. The van der Waals surface area contributed by atoms with E-state index in [4.69, 9.17) is 10.2 Å². The zero-order chi connectivity index (χ0) is 14.4. The summed E-state index contributed by atoms with van der Waals surface area (Å²) in [5.74, 6) is -1.02. The molecule has 0 radical (unpaired) electrons. The standard InChI is InChI=1S/C11H15N3O5/c1-2-13(4-3-5-15)10-6-8(11(16)17)9(7-12-10)14(18)19/h6-7,15H,2-5H2,1H3,(H,16,17). The summed E-state index contributed by atoms with van der Waals surface area (Å²) in [5.41, 5.74) is -0.924. The van der Waals surface area contributed by atoms with Gasteiger partial charge in [0.05, 0.1) is 4.92 Å². The molecule has 0 bridgehead atoms. The maximum Gasteiger partial charge on any atom is 0.342 e. The first kappa shape index (κ1) is 14.8. The van der Waals surface area contributed by atoms with Crippen molar-refractivity contribution in [1.82, 2.24) is 4.98 Å². The Labute approximate surface area is 109 Å². The highest BCUT2D eigenvalue weighted by Gasteiger charge is 2.22. The topological polar surface area (TPSA) is 117 Å². The molecule has 0 unspecified atom stereocenters. The molecule has 1 aromatic heterocycles. The van der Waals surface area contributed by atoms with Crippen LogP contribution in [0.25, 0.3) is 0 Å². The second-order valence-corrected chi connectivity index (χ2v) is 3.78. The van der Waals surface area contributed by atoms with Gasteiger partial charge in [0.25, 0.3) is 0 Å². The van der Waals surface area contributed by atoms with E-state index in [0.29, 0.717) is 25.3 Å². The molecular weight excluding hydrogens is 254 g/mol. The van der Waals surface area contributed by atoms with E-state index >= 15 is 0 Å². The van der Waals surface area contributed by atoms with Gasteiger partial charge in [-0.15, -0.1) is 0 Å². The molecule has 0 aromatic carbocycles. The number of nitro groups is 1. The van der Waals surface area contributed by atoms with E-state index in [2.05, 4.69) is 4.98 Å². The van der Waals surface area contributed by atoms with Gasteiger partial charge in [-0.3, -0.25) is 10.1 Å². The summed E-state index contributed by atoms with van der Waals surface area (Å²) >= 11 is 0. The minimum atomic E-state index is -1.37. The van der Waals surface area contributed by atoms with E-state index in [1.165, 1.54) is 6.07 Å². The number of carbonyl (C=O) groups is 1. The summed E-state index contributed by atoms with van der Waals surface area (Å²) < 4.78 is 0. The number of aliphatic hydroxyl groups is 1. The molecule has 8 nitrogen and oxygen atoms in total. The van der Waals surface area contributed by atoms with Crippen molar-refractivity contribution in [2.45, 2.75) is 13.3 Å². The van der Waals surface area contributed by atoms with Gasteiger partial charge in [0.1, 0.15) is 17.6 Å². The highest BCUT2D eigenvalue weighted by atomic mass is 16.6. The predicted molar refractivity (Wildman–Crippen MR) is 67.4 cm³/mol. The number of rotatable bonds is 7. The monoisotopic (exact) mass is 269 g/mol. The zero-order valence-corrected chi connectivity index (χ0v) is 10.4. The Morgan fingerprint density at radius 2 is 2.26 bits per heavy atom. The molecule has 0 amide bonds. The fraction of sp³-hybridized carbons (Fsp3) is 0.455. The van der Waals surface area contributed by atoms with Gasteiger partial charge in [-0.2, -0.15) is 0 Å². The Kier molecular flexibility index (Phi) is 5.19. The Hall–Kier alpha value is -2.22. The Balaban J connectivity index is 3.13. The molecular formula is C11H15N3O5. The van der Waals surface area contributed by atoms with Gasteiger partial charge in [0.15, 0.2) is 0 Å². The van der Waals surface area contributed by atoms with Gasteiger partial charge in [-0.25, -0.2) is 9.78 Å². The summed E-state index contributed by atoms with van der Waals surface area (Å²) in [5, 5.41) is 28.5. The van der Waals surface area contributed by atoms with Crippen LogP contribution in [0.3, 0.4) is 0 Å². The molecule has 0 aliphatic carbocycles. The number of aromatic nitrogens is 1. The number of carboxylic acids is 1. The highest BCUT2D eigenvalue weighted by molar-refractivity contribution is 5.93. The van der Waals surface area contributed by atoms with Crippen molar-refractivity contribution in [2.75, 3.05) is 24.6 Å². The lowest BCUT2D eigenvalue weighted by Gasteiger charge is -2.21. The van der Waals surface area contributed by atoms with Crippen LogP contribution < -0.4 is 4.90 Å². The molecule has 2 N–H and O–H groups in total. The van der Waals surface area contributed by atoms with E-state index in [-0.39, 0.29) is 6.61 Å². The van der Waals surface area contributed by atoms with Crippen LogP contribution >= 0.6 is 0 Å². The second kappa shape index (κ2) is 6.64. The second-order valence-electron chi connectivity index (χ2n) is 3.78. The highest BCUT2D eigenvalue weighted by Crippen LogP contribution is 2.22. The lowest BCUT2D eigenvalue weighted by Crippen LogP contribution is -2.26. The molecule has 0 saturated carbocycles. The summed E-state index contributed by atoms with van der Waals surface area (Å²) in [6.45, 7) is 2.91. The normalized spacial score (nSPS) is 10.2. The zero-order valence-electron chi connectivity index (χ0n) is 10.4. The Morgan fingerprint density at radius 3 is 2.74 bits per heavy atom. The molecule has 0 fully saturated rings. The quantitative estimate of drug-likeness (QED) is 0.557. The van der Waals surface area contributed by atoms with Gasteiger partial charge in [-0.1, -0.05) is 0 Å². The van der Waals surface area contributed by atoms with Gasteiger partial charge >= 0.3 is 11.7 Å². The minimum absolute atomic E-state index is 0.00920. The number of pyridine rings is 1. The van der Waals surface area contributed by atoms with Gasteiger partial charge < -0.3 is 15.1 Å². The number of aromatic carboxylic acids is 1. The van der Waals surface area contributed by atoms with E-state index in [1.807, 2.05) is 6.92 Å². The van der Waals surface area contributed by atoms with Gasteiger partial charge in [0, 0.05) is 25.8 Å². The van der Waals surface area contributed by atoms with Crippen molar-refractivity contribution < 1.29 is 19.9 Å². The fourth-order valence-electron chi connectivity index (χ4n) is 1.62. The van der Waals surface area contributed by atoms with Crippen molar-refractivity contribution in [3.63, 3.8) is 0 Å². The van der Waals surface area contributed by atoms with Crippen LogP contribution in [0.15, 0.2) is 12.3 Å². The molecule has 0 aliphatic heterocycles. The molecule has 0 aliphatic rings. The van der Waals surface area contributed by atoms with Crippen LogP contribution in [0.4, 0.5) is 11.5 Å². The third-order valence-electron chi connectivity index (χ3n) is 2.59. The lowest BCUT2D eigenvalue weighted by molar-refractivity contribution is -0.385. The number of hydrogen-bond acceptors (Lipinski definition) is 6. The summed E-state index contributed by atoms with van der Waals surface area (Å²) in [7, 11) is 0. The Bertz CT molecular complexity index is 477. The fourth-order valence-corrected chi connectivity index (χ4v) is 1.62. The van der Waals surface area contributed by atoms with Crippen LogP contribution in [-0.2, 0) is 0 Å². The maximum absolute atomic E-state index is 11.0. The van der Waals surface area contributed by atoms with Crippen molar-refractivity contribution in [2.24, 2.45) is 0 Å². The lowest BCUT2D eigenvalue weighted by atomic mass is 10.2. The Morgan fingerprint density at radius 1 is 1.58 bits per heavy atom. The number of aliphatic hydroxyl groups excluding tert-OH is 1. The molecule has 8 heteroatoms. The predicted octanol–water partition coefficient (Wildman–Crippen LogP) is 0.897. The van der Waals surface area contributed by atoms with Crippen molar-refractivity contribution in [3.8, 4) is 0 Å². The molecule has 104 valence electrons. The summed E-state index contributed by atoms with van der Waals surface area (Å²) in [6.07, 6.45) is 1.45. The third-order valence-corrected chi connectivity index (χ3v) is 2.59. The van der Waals surface area contributed by atoms with Crippen molar-refractivity contribution in [3.05, 3.63) is 27.9 Å². The first-order chi connectivity index (χ1) is 9.01. The van der Waals surface area contributed by atoms with Gasteiger partial charge in [-0.05, 0) is 13.3 Å². The summed E-state index contributed by atoms with van der Waals surface area (Å²) in [4.78, 5) is 26.6. The first-order valence-corrected chi connectivity index (χ1v) is 5.74. The van der Waals surface area contributed by atoms with Crippen LogP contribution in [0.5, 0.6) is 0 Å². The minimum Gasteiger partial charge on any atom is -0.477 e. The molecule has 1 rings (SSSR count). The van der Waals surface area contributed by atoms with Crippen LogP contribution in [0.2, 0.25) is 0 Å². The van der Waals surface area contributed by atoms with Crippen molar-refractivity contribution >= 4 is 17.5 Å². The molecule has 1 aromatic rings. The molecule has 0 spiro atoms.